The summed E-state index contributed by atoms with van der Waals surface area (Å²) in [4.78, 5) is 7.32. The molecule has 0 aromatic carbocycles. The molecule has 1 rings (SSSR count). The van der Waals surface area contributed by atoms with Crippen molar-refractivity contribution in [3.63, 3.8) is 0 Å². The number of aromatic nitrogens is 2. The number of H-pyrrole nitrogens is 1. The molecule has 1 heterocycles. The number of aryl methyl sites for hydroxylation is 1. The van der Waals surface area contributed by atoms with Crippen LogP contribution in [-0.4, -0.2) is 9.97 Å². The number of nitrogens with one attached hydrogen (secondary N) is 1. The van der Waals surface area contributed by atoms with Gasteiger partial charge in [-0.1, -0.05) is 26.0 Å². The molecule has 3 heteroatoms. The lowest BCUT2D eigenvalue weighted by atomic mass is 10.1. The topological polar surface area (TPSA) is 28.7 Å². The minimum Gasteiger partial charge on any atom is -0.342 e. The van der Waals surface area contributed by atoms with E-state index in [9.17, 15) is 0 Å². The standard InChI is InChI=1S/C11H16N2S/c1-8(2)4-5-10(7-14)11-6-12-9(3)13-11/h4-8,14H,1-3H3,(H,12,13)/b5-4-,10-7+. The molecule has 1 N–H and O–H groups in total. The van der Waals surface area contributed by atoms with Crippen LogP contribution in [-0.2, 0) is 0 Å². The van der Waals surface area contributed by atoms with Crippen molar-refractivity contribution in [2.24, 2.45) is 5.92 Å². The fraction of sp³-hybridized carbons (Fsp3) is 0.364. The average Bonchev–Trinajstić information content (AvgIpc) is 2.53. The van der Waals surface area contributed by atoms with Crippen LogP contribution in [0.15, 0.2) is 23.8 Å². The minimum absolute atomic E-state index is 0.544. The highest BCUT2D eigenvalue weighted by Gasteiger charge is 2.00. The molecule has 76 valence electrons. The molecule has 0 aliphatic heterocycles. The zero-order valence-electron chi connectivity index (χ0n) is 8.78. The maximum Gasteiger partial charge on any atom is 0.103 e. The molecule has 0 aliphatic carbocycles. The van der Waals surface area contributed by atoms with Crippen LogP contribution in [0.3, 0.4) is 0 Å². The summed E-state index contributed by atoms with van der Waals surface area (Å²) in [5, 5.41) is 1.78. The lowest BCUT2D eigenvalue weighted by Gasteiger charge is -1.98. The Kier molecular flexibility index (Phi) is 4.01. The van der Waals surface area contributed by atoms with Gasteiger partial charge in [-0.15, -0.1) is 0 Å². The Bertz CT molecular complexity index is 348. The number of nitrogens with zero attached hydrogens (tertiary/aromatic N) is 1. The third kappa shape index (κ3) is 3.07. The number of rotatable bonds is 3. The van der Waals surface area contributed by atoms with E-state index >= 15 is 0 Å². The van der Waals surface area contributed by atoms with Gasteiger partial charge in [-0.05, 0) is 18.2 Å². The van der Waals surface area contributed by atoms with Crippen LogP contribution < -0.4 is 0 Å². The molecular formula is C11H16N2S. The number of thiol groups is 1. The SMILES string of the molecule is Cc1ncc(C(/C=C\C(C)C)=C/S)[nH]1. The summed E-state index contributed by atoms with van der Waals surface area (Å²) in [7, 11) is 0. The van der Waals surface area contributed by atoms with E-state index in [1.54, 1.807) is 5.41 Å². The van der Waals surface area contributed by atoms with Gasteiger partial charge in [0.1, 0.15) is 5.82 Å². The van der Waals surface area contributed by atoms with Crippen LogP contribution in [0.5, 0.6) is 0 Å². The van der Waals surface area contributed by atoms with Crippen molar-refractivity contribution in [2.75, 3.05) is 0 Å². The molecule has 0 atom stereocenters. The molecule has 14 heavy (non-hydrogen) atoms. The fourth-order valence-electron chi connectivity index (χ4n) is 1.07. The van der Waals surface area contributed by atoms with Gasteiger partial charge in [-0.3, -0.25) is 0 Å². The lowest BCUT2D eigenvalue weighted by molar-refractivity contribution is 0.832. The first-order chi connectivity index (χ1) is 6.63. The van der Waals surface area contributed by atoms with E-state index in [0.29, 0.717) is 5.92 Å². The number of hydrogen-bond donors (Lipinski definition) is 2. The Morgan fingerprint density at radius 1 is 1.57 bits per heavy atom. The monoisotopic (exact) mass is 208 g/mol. The fourth-order valence-corrected chi connectivity index (χ4v) is 1.29. The number of aromatic amines is 1. The van der Waals surface area contributed by atoms with Gasteiger partial charge in [0.2, 0.25) is 0 Å². The molecule has 0 spiro atoms. The van der Waals surface area contributed by atoms with Crippen LogP contribution in [0.2, 0.25) is 0 Å². The summed E-state index contributed by atoms with van der Waals surface area (Å²) in [5.41, 5.74) is 2.07. The molecule has 0 saturated carbocycles. The van der Waals surface area contributed by atoms with Crippen LogP contribution in [0.1, 0.15) is 25.4 Å². The van der Waals surface area contributed by atoms with E-state index < -0.39 is 0 Å². The molecule has 0 fully saturated rings. The summed E-state index contributed by atoms with van der Waals surface area (Å²) in [5.74, 6) is 1.47. The molecule has 0 unspecified atom stereocenters. The normalized spacial score (nSPS) is 13.1. The van der Waals surface area contributed by atoms with E-state index in [1.165, 1.54) is 0 Å². The molecule has 0 radical (unpaired) electrons. The molecule has 1 aromatic heterocycles. The summed E-state index contributed by atoms with van der Waals surface area (Å²) < 4.78 is 0. The smallest absolute Gasteiger partial charge is 0.103 e. The molecule has 0 bridgehead atoms. The first-order valence-electron chi connectivity index (χ1n) is 4.68. The van der Waals surface area contributed by atoms with Gasteiger partial charge in [-0.25, -0.2) is 4.98 Å². The van der Waals surface area contributed by atoms with E-state index in [2.05, 4.69) is 48.6 Å². The third-order valence-corrected chi connectivity index (χ3v) is 2.09. The Balaban J connectivity index is 2.84. The van der Waals surface area contributed by atoms with Gasteiger partial charge in [-0.2, -0.15) is 12.6 Å². The third-order valence-electron chi connectivity index (χ3n) is 1.81. The van der Waals surface area contributed by atoms with Crippen molar-refractivity contribution in [3.05, 3.63) is 35.3 Å². The van der Waals surface area contributed by atoms with Gasteiger partial charge in [0.15, 0.2) is 0 Å². The Hall–Kier alpha value is -0.960. The first kappa shape index (κ1) is 11.1. The highest BCUT2D eigenvalue weighted by molar-refractivity contribution is 7.83. The predicted octanol–water partition coefficient (Wildman–Crippen LogP) is 3.20. The molecule has 0 aliphatic rings. The second kappa shape index (κ2) is 5.05. The molecule has 1 aromatic rings. The second-order valence-electron chi connectivity index (χ2n) is 3.57. The number of allylic oxidation sites excluding steroid dienone is 3. The zero-order valence-corrected chi connectivity index (χ0v) is 9.68. The lowest BCUT2D eigenvalue weighted by Crippen LogP contribution is -1.83. The highest BCUT2D eigenvalue weighted by atomic mass is 32.1. The molecule has 2 nitrogen and oxygen atoms in total. The molecule has 0 amide bonds. The number of hydrogen-bond acceptors (Lipinski definition) is 2. The maximum atomic E-state index is 4.18. The van der Waals surface area contributed by atoms with E-state index in [1.807, 2.05) is 13.1 Å². The maximum absolute atomic E-state index is 4.18. The van der Waals surface area contributed by atoms with Crippen LogP contribution in [0.4, 0.5) is 0 Å². The van der Waals surface area contributed by atoms with Crippen LogP contribution in [0.25, 0.3) is 5.57 Å². The van der Waals surface area contributed by atoms with Crippen LogP contribution in [0, 0.1) is 12.8 Å². The zero-order chi connectivity index (χ0) is 10.6. The minimum atomic E-state index is 0.544. The average molecular weight is 208 g/mol. The van der Waals surface area contributed by atoms with Crippen molar-refractivity contribution in [2.45, 2.75) is 20.8 Å². The Labute approximate surface area is 90.6 Å². The molecule has 0 saturated heterocycles. The molecular weight excluding hydrogens is 192 g/mol. The predicted molar refractivity (Wildman–Crippen MR) is 64.3 cm³/mol. The second-order valence-corrected chi connectivity index (χ2v) is 3.83. The number of imidazole rings is 1. The van der Waals surface area contributed by atoms with Crippen molar-refractivity contribution in [1.82, 2.24) is 9.97 Å². The van der Waals surface area contributed by atoms with Crippen LogP contribution >= 0.6 is 12.6 Å². The Morgan fingerprint density at radius 3 is 2.71 bits per heavy atom. The summed E-state index contributed by atoms with van der Waals surface area (Å²) in [6.45, 7) is 6.22. The van der Waals surface area contributed by atoms with Gasteiger partial charge >= 0.3 is 0 Å². The largest absolute Gasteiger partial charge is 0.342 e. The van der Waals surface area contributed by atoms with Gasteiger partial charge in [0, 0.05) is 5.57 Å². The van der Waals surface area contributed by atoms with Crippen molar-refractivity contribution in [1.29, 1.82) is 0 Å². The van der Waals surface area contributed by atoms with Crippen molar-refractivity contribution >= 4 is 18.2 Å². The van der Waals surface area contributed by atoms with Gasteiger partial charge in [0.05, 0.1) is 11.9 Å². The summed E-state index contributed by atoms with van der Waals surface area (Å²) in [6.07, 6.45) is 6.02. The Morgan fingerprint density at radius 2 is 2.29 bits per heavy atom. The van der Waals surface area contributed by atoms with E-state index in [0.717, 1.165) is 17.1 Å². The van der Waals surface area contributed by atoms with E-state index in [4.69, 9.17) is 0 Å². The summed E-state index contributed by atoms with van der Waals surface area (Å²) >= 11 is 4.18. The van der Waals surface area contributed by atoms with E-state index in [-0.39, 0.29) is 0 Å². The van der Waals surface area contributed by atoms with Gasteiger partial charge < -0.3 is 4.98 Å². The quantitative estimate of drug-likeness (QED) is 0.579. The van der Waals surface area contributed by atoms with Crippen molar-refractivity contribution in [3.8, 4) is 0 Å². The highest BCUT2D eigenvalue weighted by Crippen LogP contribution is 2.15. The first-order valence-corrected chi connectivity index (χ1v) is 5.19. The summed E-state index contributed by atoms with van der Waals surface area (Å²) in [6, 6.07) is 0. The van der Waals surface area contributed by atoms with Crippen molar-refractivity contribution < 1.29 is 0 Å². The van der Waals surface area contributed by atoms with Gasteiger partial charge in [0.25, 0.3) is 0 Å².